The Morgan fingerprint density at radius 1 is 1.03 bits per heavy atom. The Morgan fingerprint density at radius 2 is 1.66 bits per heavy atom. The van der Waals surface area contributed by atoms with E-state index in [1.165, 1.54) is 24.3 Å². The van der Waals surface area contributed by atoms with Crippen molar-refractivity contribution in [3.8, 4) is 17.2 Å². The monoisotopic (exact) mass is 457 g/mol. The van der Waals surface area contributed by atoms with Crippen LogP contribution in [0.15, 0.2) is 42.5 Å². The highest BCUT2D eigenvalue weighted by molar-refractivity contribution is 6.68. The number of amides is 1. The molecular formula is C20H18Cl3NO5. The van der Waals surface area contributed by atoms with Crippen LogP contribution in [0.3, 0.4) is 0 Å². The highest BCUT2D eigenvalue weighted by Crippen LogP contribution is 2.49. The zero-order valence-electron chi connectivity index (χ0n) is 15.8. The van der Waals surface area contributed by atoms with Crippen LogP contribution in [0.2, 0.25) is 0 Å². The molecule has 1 aliphatic heterocycles. The maximum Gasteiger partial charge on any atom is 0.418 e. The van der Waals surface area contributed by atoms with Crippen LogP contribution in [0, 0.1) is 0 Å². The van der Waals surface area contributed by atoms with Gasteiger partial charge in [0.05, 0.1) is 0 Å². The summed E-state index contributed by atoms with van der Waals surface area (Å²) >= 11 is 18.2. The number of hydrogen-bond donors (Lipinski definition) is 1. The number of benzene rings is 2. The Bertz CT molecular complexity index is 935. The maximum atomic E-state index is 12.4. The second kappa shape index (κ2) is 7.59. The molecule has 2 aromatic carbocycles. The lowest BCUT2D eigenvalue weighted by Crippen LogP contribution is -2.64. The van der Waals surface area contributed by atoms with Gasteiger partial charge in [-0.3, -0.25) is 4.79 Å². The first-order valence-electron chi connectivity index (χ1n) is 8.58. The molecule has 1 atom stereocenters. The average molecular weight is 459 g/mol. The standard InChI is InChI=1S/C20H18Cl3NO5/c1-18(2,3)13-6-9-15-16(10-13)29-20(28-15,19(21,22)23)24-17(26)27-14-7-4-12(11-25)5-8-14/h4-11H,1-3H3,(H,24,26)/t20-/m0/s1. The van der Waals surface area contributed by atoms with Gasteiger partial charge in [-0.1, -0.05) is 61.6 Å². The van der Waals surface area contributed by atoms with Crippen molar-refractivity contribution in [1.82, 2.24) is 5.32 Å². The summed E-state index contributed by atoms with van der Waals surface area (Å²) in [6.07, 6.45) is -0.302. The van der Waals surface area contributed by atoms with Gasteiger partial charge in [-0.25, -0.2) is 10.1 Å². The second-order valence-electron chi connectivity index (χ2n) is 7.43. The minimum absolute atomic E-state index is 0.149. The van der Waals surface area contributed by atoms with Crippen LogP contribution in [-0.4, -0.2) is 22.1 Å². The van der Waals surface area contributed by atoms with Crippen LogP contribution in [0.5, 0.6) is 17.2 Å². The fraction of sp³-hybridized carbons (Fsp3) is 0.300. The number of carbonyl (C=O) groups excluding carboxylic acids is 2. The normalized spacial score (nSPS) is 18.3. The number of nitrogens with one attached hydrogen (secondary N) is 1. The molecule has 0 aliphatic carbocycles. The molecule has 1 amide bonds. The third kappa shape index (κ3) is 4.55. The van der Waals surface area contributed by atoms with Gasteiger partial charge in [-0.2, -0.15) is 0 Å². The summed E-state index contributed by atoms with van der Waals surface area (Å²) in [6, 6.07) is 11.2. The molecule has 0 radical (unpaired) electrons. The van der Waals surface area contributed by atoms with Gasteiger partial charge < -0.3 is 14.2 Å². The molecule has 2 aromatic rings. The molecule has 1 N–H and O–H groups in total. The summed E-state index contributed by atoms with van der Waals surface area (Å²) in [6.45, 7) is 6.12. The number of halogens is 3. The summed E-state index contributed by atoms with van der Waals surface area (Å²) in [7, 11) is 0. The van der Waals surface area contributed by atoms with Gasteiger partial charge in [0.15, 0.2) is 11.5 Å². The highest BCUT2D eigenvalue weighted by atomic mass is 35.6. The Labute approximate surface area is 183 Å². The molecule has 29 heavy (non-hydrogen) atoms. The van der Waals surface area contributed by atoms with E-state index in [2.05, 4.69) is 5.32 Å². The smallest absolute Gasteiger partial charge is 0.418 e. The first-order chi connectivity index (χ1) is 13.4. The zero-order valence-corrected chi connectivity index (χ0v) is 18.1. The number of carbonyl (C=O) groups is 2. The number of aldehydes is 1. The fourth-order valence-electron chi connectivity index (χ4n) is 2.59. The number of hydrogen-bond acceptors (Lipinski definition) is 5. The van der Waals surface area contributed by atoms with E-state index in [1.54, 1.807) is 12.1 Å². The van der Waals surface area contributed by atoms with E-state index >= 15 is 0 Å². The summed E-state index contributed by atoms with van der Waals surface area (Å²) in [4.78, 5) is 23.1. The lowest BCUT2D eigenvalue weighted by molar-refractivity contribution is -0.0964. The largest absolute Gasteiger partial charge is 0.428 e. The van der Waals surface area contributed by atoms with Gasteiger partial charge in [-0.15, -0.1) is 0 Å². The molecule has 0 fully saturated rings. The molecule has 0 spiro atoms. The number of rotatable bonds is 3. The second-order valence-corrected chi connectivity index (χ2v) is 9.71. The topological polar surface area (TPSA) is 73.9 Å². The molecule has 1 aliphatic rings. The van der Waals surface area contributed by atoms with Crippen molar-refractivity contribution < 1.29 is 23.8 Å². The molecule has 6 nitrogen and oxygen atoms in total. The molecule has 0 unspecified atom stereocenters. The van der Waals surface area contributed by atoms with Gasteiger partial charge in [0, 0.05) is 5.56 Å². The van der Waals surface area contributed by atoms with E-state index < -0.39 is 15.8 Å². The Balaban J connectivity index is 1.82. The third-order valence-corrected chi connectivity index (χ3v) is 4.93. The summed E-state index contributed by atoms with van der Waals surface area (Å²) in [5.41, 5.74) is 1.25. The number of alkyl halides is 3. The van der Waals surface area contributed by atoms with Crippen molar-refractivity contribution in [2.75, 3.05) is 0 Å². The molecule has 3 rings (SSSR count). The first-order valence-corrected chi connectivity index (χ1v) is 9.71. The van der Waals surface area contributed by atoms with E-state index in [4.69, 9.17) is 49.0 Å². The quantitative estimate of drug-likeness (QED) is 0.494. The molecule has 0 bridgehead atoms. The predicted molar refractivity (Wildman–Crippen MR) is 110 cm³/mol. The van der Waals surface area contributed by atoms with Crippen LogP contribution in [0.25, 0.3) is 0 Å². The van der Waals surface area contributed by atoms with E-state index in [0.717, 1.165) is 5.56 Å². The van der Waals surface area contributed by atoms with Crippen LogP contribution >= 0.6 is 34.8 Å². The van der Waals surface area contributed by atoms with Crippen molar-refractivity contribution in [2.45, 2.75) is 35.9 Å². The maximum absolute atomic E-state index is 12.4. The van der Waals surface area contributed by atoms with Crippen LogP contribution in [0.4, 0.5) is 4.79 Å². The van der Waals surface area contributed by atoms with Gasteiger partial charge in [0.25, 0.3) is 3.79 Å². The lowest BCUT2D eigenvalue weighted by atomic mass is 9.87. The van der Waals surface area contributed by atoms with Crippen molar-refractivity contribution in [3.05, 3.63) is 53.6 Å². The van der Waals surface area contributed by atoms with Crippen molar-refractivity contribution in [2.24, 2.45) is 0 Å². The summed E-state index contributed by atoms with van der Waals surface area (Å²) < 4.78 is 14.4. The van der Waals surface area contributed by atoms with Crippen LogP contribution in [-0.2, 0) is 5.41 Å². The SMILES string of the molecule is CC(C)(C)c1ccc2c(c1)O[C@](NC(=O)Oc1ccc(C=O)cc1)(C(Cl)(Cl)Cl)O2. The van der Waals surface area contributed by atoms with E-state index in [9.17, 15) is 9.59 Å². The number of ether oxygens (including phenoxy) is 3. The van der Waals surface area contributed by atoms with Crippen molar-refractivity contribution in [3.63, 3.8) is 0 Å². The molecule has 0 aromatic heterocycles. The molecule has 0 saturated carbocycles. The molecular weight excluding hydrogens is 441 g/mol. The van der Waals surface area contributed by atoms with E-state index in [0.29, 0.717) is 23.3 Å². The predicted octanol–water partition coefficient (Wildman–Crippen LogP) is 5.38. The van der Waals surface area contributed by atoms with Crippen LogP contribution in [0.1, 0.15) is 36.7 Å². The Hall–Kier alpha value is -2.15. The molecule has 1 heterocycles. The lowest BCUT2D eigenvalue weighted by Gasteiger charge is -2.33. The fourth-order valence-corrected chi connectivity index (χ4v) is 2.96. The summed E-state index contributed by atoms with van der Waals surface area (Å²) in [5.74, 6) is -1.33. The highest BCUT2D eigenvalue weighted by Gasteiger charge is 2.60. The first kappa shape index (κ1) is 21.6. The zero-order chi connectivity index (χ0) is 21.4. The Morgan fingerprint density at radius 3 is 2.21 bits per heavy atom. The molecule has 0 saturated heterocycles. The summed E-state index contributed by atoms with van der Waals surface area (Å²) in [5, 5.41) is 2.34. The third-order valence-electron chi connectivity index (χ3n) is 4.18. The van der Waals surface area contributed by atoms with Gasteiger partial charge in [0.1, 0.15) is 12.0 Å². The molecule has 154 valence electrons. The average Bonchev–Trinajstić information content (AvgIpc) is 2.99. The number of fused-ring (bicyclic) bond motifs is 1. The van der Waals surface area contributed by atoms with Crippen molar-refractivity contribution in [1.29, 1.82) is 0 Å². The van der Waals surface area contributed by atoms with Gasteiger partial charge in [-0.05, 0) is 47.4 Å². The van der Waals surface area contributed by atoms with Gasteiger partial charge >= 0.3 is 12.0 Å². The minimum Gasteiger partial charge on any atom is -0.428 e. The van der Waals surface area contributed by atoms with Crippen molar-refractivity contribution >= 4 is 47.2 Å². The minimum atomic E-state index is -2.19. The van der Waals surface area contributed by atoms with Gasteiger partial charge in [0.2, 0.25) is 0 Å². The van der Waals surface area contributed by atoms with Crippen LogP contribution < -0.4 is 19.5 Å². The molecule has 9 heteroatoms. The van der Waals surface area contributed by atoms with E-state index in [-0.39, 0.29) is 11.2 Å². The Kier molecular flexibility index (Phi) is 5.64. The van der Waals surface area contributed by atoms with E-state index in [1.807, 2.05) is 26.8 Å².